The summed E-state index contributed by atoms with van der Waals surface area (Å²) in [5.74, 6) is -0.345. The Hall–Kier alpha value is -1.52. The zero-order valence-corrected chi connectivity index (χ0v) is 13.4. The first-order valence-electron chi connectivity index (χ1n) is 5.91. The standard InChI is InChI=1S/C11H12BrN3O5S/c1-13-4-5-14(7-11(13)16)21(19,20)10-6-8(12)2-3-9(10)15(17)18/h2-3,6H,4-5,7H2,1H3. The van der Waals surface area contributed by atoms with Crippen molar-refractivity contribution in [2.45, 2.75) is 4.90 Å². The number of amides is 1. The summed E-state index contributed by atoms with van der Waals surface area (Å²) in [6, 6.07) is 3.69. The molecule has 8 nitrogen and oxygen atoms in total. The van der Waals surface area contributed by atoms with E-state index in [9.17, 15) is 23.3 Å². The Kier molecular flexibility index (Phi) is 4.30. The molecule has 1 aromatic carbocycles. The molecule has 10 heteroatoms. The Morgan fingerprint density at radius 2 is 2.00 bits per heavy atom. The Morgan fingerprint density at radius 1 is 1.33 bits per heavy atom. The zero-order chi connectivity index (χ0) is 15.8. The average molecular weight is 378 g/mol. The summed E-state index contributed by atoms with van der Waals surface area (Å²) in [6.45, 7) is 0.0383. The number of carbonyl (C=O) groups excluding carboxylic acids is 1. The van der Waals surface area contributed by atoms with Gasteiger partial charge in [0.05, 0.1) is 11.5 Å². The molecule has 0 aliphatic carbocycles. The van der Waals surface area contributed by atoms with Gasteiger partial charge in [0.25, 0.3) is 5.69 Å². The van der Waals surface area contributed by atoms with Crippen LogP contribution >= 0.6 is 15.9 Å². The van der Waals surface area contributed by atoms with Gasteiger partial charge in [0, 0.05) is 30.7 Å². The van der Waals surface area contributed by atoms with Crippen LogP contribution in [0.25, 0.3) is 0 Å². The van der Waals surface area contributed by atoms with E-state index in [4.69, 9.17) is 0 Å². The van der Waals surface area contributed by atoms with E-state index in [-0.39, 0.29) is 25.5 Å². The number of likely N-dealkylation sites (N-methyl/N-ethyl adjacent to an activating group) is 1. The SMILES string of the molecule is CN1CCN(S(=O)(=O)c2cc(Br)ccc2[N+](=O)[O-])CC1=O. The fourth-order valence-corrected chi connectivity index (χ4v) is 4.00. The van der Waals surface area contributed by atoms with Crippen LogP contribution in [0.1, 0.15) is 0 Å². The molecule has 1 aliphatic heterocycles. The van der Waals surface area contributed by atoms with Crippen LogP contribution in [-0.2, 0) is 14.8 Å². The molecular formula is C11H12BrN3O5S. The van der Waals surface area contributed by atoms with Crippen molar-refractivity contribution < 1.29 is 18.1 Å². The fraction of sp³-hybridized carbons (Fsp3) is 0.364. The summed E-state index contributed by atoms with van der Waals surface area (Å²) >= 11 is 3.10. The van der Waals surface area contributed by atoms with Gasteiger partial charge in [0.2, 0.25) is 15.9 Å². The zero-order valence-electron chi connectivity index (χ0n) is 11.0. The quantitative estimate of drug-likeness (QED) is 0.573. The molecular weight excluding hydrogens is 366 g/mol. The molecule has 21 heavy (non-hydrogen) atoms. The number of halogens is 1. The van der Waals surface area contributed by atoms with Gasteiger partial charge in [-0.25, -0.2) is 8.42 Å². The lowest BCUT2D eigenvalue weighted by Crippen LogP contribution is -2.50. The van der Waals surface area contributed by atoms with Gasteiger partial charge in [-0.1, -0.05) is 15.9 Å². The van der Waals surface area contributed by atoms with Crippen LogP contribution in [0.15, 0.2) is 27.6 Å². The lowest BCUT2D eigenvalue weighted by Gasteiger charge is -2.31. The van der Waals surface area contributed by atoms with Crippen molar-refractivity contribution in [1.82, 2.24) is 9.21 Å². The summed E-state index contributed by atoms with van der Waals surface area (Å²) in [4.78, 5) is 22.9. The summed E-state index contributed by atoms with van der Waals surface area (Å²) in [7, 11) is -2.53. The van der Waals surface area contributed by atoms with Gasteiger partial charge < -0.3 is 4.90 Å². The molecule has 0 atom stereocenters. The van der Waals surface area contributed by atoms with E-state index < -0.39 is 25.5 Å². The van der Waals surface area contributed by atoms with Crippen molar-refractivity contribution in [3.05, 3.63) is 32.8 Å². The first-order valence-corrected chi connectivity index (χ1v) is 8.15. The minimum absolute atomic E-state index is 0.105. The van der Waals surface area contributed by atoms with Crippen molar-refractivity contribution in [1.29, 1.82) is 0 Å². The monoisotopic (exact) mass is 377 g/mol. The molecule has 1 saturated heterocycles. The normalized spacial score (nSPS) is 17.0. The number of hydrogen-bond donors (Lipinski definition) is 0. The molecule has 0 bridgehead atoms. The number of carbonyl (C=O) groups is 1. The fourth-order valence-electron chi connectivity index (χ4n) is 1.93. The maximum absolute atomic E-state index is 12.5. The second-order valence-corrected chi connectivity index (χ2v) is 7.35. The summed E-state index contributed by atoms with van der Waals surface area (Å²) < 4.78 is 26.5. The molecule has 1 amide bonds. The highest BCUT2D eigenvalue weighted by molar-refractivity contribution is 9.10. The van der Waals surface area contributed by atoms with Crippen LogP contribution in [0.4, 0.5) is 5.69 Å². The third-order valence-corrected chi connectivity index (χ3v) is 5.53. The predicted octanol–water partition coefficient (Wildman–Crippen LogP) is 0.820. The van der Waals surface area contributed by atoms with Gasteiger partial charge in [-0.3, -0.25) is 14.9 Å². The molecule has 1 heterocycles. The number of sulfonamides is 1. The van der Waals surface area contributed by atoms with Crippen molar-refractivity contribution in [2.24, 2.45) is 0 Å². The molecule has 0 saturated carbocycles. The van der Waals surface area contributed by atoms with Crippen molar-refractivity contribution in [3.63, 3.8) is 0 Å². The van der Waals surface area contributed by atoms with Gasteiger partial charge in [-0.15, -0.1) is 0 Å². The summed E-state index contributed by atoms with van der Waals surface area (Å²) in [6.07, 6.45) is 0. The minimum atomic E-state index is -4.10. The Morgan fingerprint density at radius 3 is 2.57 bits per heavy atom. The highest BCUT2D eigenvalue weighted by Crippen LogP contribution is 2.30. The first-order chi connectivity index (χ1) is 9.73. The number of hydrogen-bond acceptors (Lipinski definition) is 5. The van der Waals surface area contributed by atoms with Crippen molar-refractivity contribution >= 4 is 37.5 Å². The molecule has 0 unspecified atom stereocenters. The number of nitrogens with zero attached hydrogens (tertiary/aromatic N) is 3. The van der Waals surface area contributed by atoms with E-state index in [1.54, 1.807) is 7.05 Å². The van der Waals surface area contributed by atoms with Gasteiger partial charge in [0.1, 0.15) is 0 Å². The first kappa shape index (κ1) is 15.9. The van der Waals surface area contributed by atoms with Crippen LogP contribution in [0.5, 0.6) is 0 Å². The molecule has 0 spiro atoms. The maximum Gasteiger partial charge on any atom is 0.289 e. The molecule has 1 aliphatic rings. The Labute approximate surface area is 129 Å². The summed E-state index contributed by atoms with van der Waals surface area (Å²) in [5, 5.41) is 11.0. The van der Waals surface area contributed by atoms with Gasteiger partial charge in [0.15, 0.2) is 4.90 Å². The van der Waals surface area contributed by atoms with Crippen LogP contribution < -0.4 is 0 Å². The molecule has 0 radical (unpaired) electrons. The van der Waals surface area contributed by atoms with E-state index in [0.717, 1.165) is 10.4 Å². The summed E-state index contributed by atoms with van der Waals surface area (Å²) in [5.41, 5.74) is -0.510. The average Bonchev–Trinajstić information content (AvgIpc) is 2.41. The Bertz CT molecular complexity index is 706. The molecule has 1 fully saturated rings. The smallest absolute Gasteiger partial charge is 0.289 e. The molecule has 0 N–H and O–H groups in total. The lowest BCUT2D eigenvalue weighted by atomic mass is 10.3. The molecule has 2 rings (SSSR count). The number of benzene rings is 1. The largest absolute Gasteiger partial charge is 0.343 e. The van der Waals surface area contributed by atoms with Gasteiger partial charge in [-0.05, 0) is 12.1 Å². The predicted molar refractivity (Wildman–Crippen MR) is 77.2 cm³/mol. The second-order valence-electron chi connectivity index (χ2n) is 4.52. The number of rotatable bonds is 3. The van der Waals surface area contributed by atoms with Crippen molar-refractivity contribution in [3.8, 4) is 0 Å². The van der Waals surface area contributed by atoms with E-state index >= 15 is 0 Å². The lowest BCUT2D eigenvalue weighted by molar-refractivity contribution is -0.387. The topological polar surface area (TPSA) is 101 Å². The van der Waals surface area contributed by atoms with Crippen LogP contribution in [0.3, 0.4) is 0 Å². The van der Waals surface area contributed by atoms with E-state index in [1.807, 2.05) is 0 Å². The van der Waals surface area contributed by atoms with Crippen LogP contribution in [0.2, 0.25) is 0 Å². The number of nitro groups is 1. The third kappa shape index (κ3) is 3.06. The molecule has 0 aromatic heterocycles. The molecule has 1 aromatic rings. The van der Waals surface area contributed by atoms with Crippen LogP contribution in [0, 0.1) is 10.1 Å². The Balaban J connectivity index is 2.47. The number of nitro benzene ring substituents is 1. The number of piperazine rings is 1. The van der Waals surface area contributed by atoms with E-state index in [1.165, 1.54) is 17.0 Å². The van der Waals surface area contributed by atoms with Crippen LogP contribution in [-0.4, -0.2) is 55.1 Å². The van der Waals surface area contributed by atoms with E-state index in [2.05, 4.69) is 15.9 Å². The highest BCUT2D eigenvalue weighted by Gasteiger charge is 2.35. The second kappa shape index (κ2) is 5.70. The van der Waals surface area contributed by atoms with Gasteiger partial charge >= 0.3 is 0 Å². The van der Waals surface area contributed by atoms with Gasteiger partial charge in [-0.2, -0.15) is 4.31 Å². The minimum Gasteiger partial charge on any atom is -0.343 e. The molecule has 114 valence electrons. The highest BCUT2D eigenvalue weighted by atomic mass is 79.9. The third-order valence-electron chi connectivity index (χ3n) is 3.16. The van der Waals surface area contributed by atoms with Crippen molar-refractivity contribution in [2.75, 3.05) is 26.7 Å². The maximum atomic E-state index is 12.5. The van der Waals surface area contributed by atoms with E-state index in [0.29, 0.717) is 4.47 Å².